The number of aliphatic hydroxyl groups is 2. The number of nitrogens with zero attached hydrogens (tertiary/aromatic N) is 4. The maximum atomic E-state index is 9.74. The molecule has 0 fully saturated rings. The van der Waals surface area contributed by atoms with Crippen LogP contribution in [0, 0.1) is 0 Å². The number of fused-ring (bicyclic) bond motifs is 1. The van der Waals surface area contributed by atoms with Crippen LogP contribution >= 0.6 is 0 Å². The molecule has 4 rings (SSSR count). The van der Waals surface area contributed by atoms with Gasteiger partial charge in [0.1, 0.15) is 5.82 Å². The molecular formula is C23H30N6O3. The summed E-state index contributed by atoms with van der Waals surface area (Å²) >= 11 is 0. The molecular weight excluding hydrogens is 408 g/mol. The number of nitrogens with two attached hydrogens (primary N) is 1. The molecule has 0 bridgehead atoms. The first-order chi connectivity index (χ1) is 15.4. The summed E-state index contributed by atoms with van der Waals surface area (Å²) in [5.74, 6) is 1.52. The highest BCUT2D eigenvalue weighted by Crippen LogP contribution is 2.28. The van der Waals surface area contributed by atoms with E-state index in [1.54, 1.807) is 12.3 Å². The molecule has 1 aliphatic heterocycles. The Hall–Kier alpha value is -3.01. The number of pyridine rings is 1. The van der Waals surface area contributed by atoms with Crippen LogP contribution in [-0.4, -0.2) is 68.6 Å². The lowest BCUT2D eigenvalue weighted by Crippen LogP contribution is -2.35. The molecule has 0 spiro atoms. The summed E-state index contributed by atoms with van der Waals surface area (Å²) in [7, 11) is 0. The third-order valence-corrected chi connectivity index (χ3v) is 5.55. The normalized spacial score (nSPS) is 15.4. The smallest absolute Gasteiger partial charge is 0.259 e. The number of rotatable bonds is 7. The Morgan fingerprint density at radius 1 is 1.16 bits per heavy atom. The van der Waals surface area contributed by atoms with Gasteiger partial charge in [-0.1, -0.05) is 17.3 Å². The Balaban J connectivity index is 1.50. The topological polar surface area (TPSA) is 134 Å². The van der Waals surface area contributed by atoms with E-state index in [0.717, 1.165) is 31.5 Å². The second kappa shape index (κ2) is 9.64. The molecule has 2 aromatic heterocycles. The van der Waals surface area contributed by atoms with E-state index in [2.05, 4.69) is 37.5 Å². The van der Waals surface area contributed by atoms with Crippen molar-refractivity contribution in [3.8, 4) is 22.8 Å². The van der Waals surface area contributed by atoms with Gasteiger partial charge < -0.3 is 30.7 Å². The van der Waals surface area contributed by atoms with E-state index in [0.29, 0.717) is 35.3 Å². The van der Waals surface area contributed by atoms with Crippen LogP contribution in [0.3, 0.4) is 0 Å². The second-order valence-electron chi connectivity index (χ2n) is 8.50. The summed E-state index contributed by atoms with van der Waals surface area (Å²) in [5, 5.41) is 26.2. The third-order valence-electron chi connectivity index (χ3n) is 5.55. The first-order valence-corrected chi connectivity index (χ1v) is 10.9. The lowest BCUT2D eigenvalue weighted by atomic mass is 10.00. The van der Waals surface area contributed by atoms with Crippen molar-refractivity contribution in [1.29, 1.82) is 0 Å². The van der Waals surface area contributed by atoms with Crippen molar-refractivity contribution in [2.45, 2.75) is 38.8 Å². The SMILES string of the molecule is CC(C)Nc1ncc(-c2nc(-c3ccc4c(c3)CCN(C[C@H](O)CO)CC4)no2)cc1N. The molecule has 32 heavy (non-hydrogen) atoms. The van der Waals surface area contributed by atoms with E-state index in [1.165, 1.54) is 11.1 Å². The Kier molecular flexibility index (Phi) is 6.69. The van der Waals surface area contributed by atoms with E-state index in [1.807, 2.05) is 19.9 Å². The summed E-state index contributed by atoms with van der Waals surface area (Å²) in [6.45, 7) is 5.99. The predicted molar refractivity (Wildman–Crippen MR) is 123 cm³/mol. The molecule has 0 unspecified atom stereocenters. The second-order valence-corrected chi connectivity index (χ2v) is 8.50. The van der Waals surface area contributed by atoms with Gasteiger partial charge in [0.05, 0.1) is 24.0 Å². The average Bonchev–Trinajstić information content (AvgIpc) is 3.18. The maximum Gasteiger partial charge on any atom is 0.259 e. The highest BCUT2D eigenvalue weighted by atomic mass is 16.5. The summed E-state index contributed by atoms with van der Waals surface area (Å²) in [6.07, 6.45) is 2.72. The molecule has 9 heteroatoms. The van der Waals surface area contributed by atoms with Crippen LogP contribution in [0.4, 0.5) is 11.5 Å². The monoisotopic (exact) mass is 438 g/mol. The summed E-state index contributed by atoms with van der Waals surface area (Å²) < 4.78 is 5.49. The van der Waals surface area contributed by atoms with Crippen molar-refractivity contribution in [3.63, 3.8) is 0 Å². The molecule has 9 nitrogen and oxygen atoms in total. The number of aliphatic hydroxyl groups excluding tert-OH is 2. The largest absolute Gasteiger partial charge is 0.396 e. The zero-order chi connectivity index (χ0) is 22.7. The van der Waals surface area contributed by atoms with Gasteiger partial charge in [-0.3, -0.25) is 0 Å². The number of aromatic nitrogens is 3. The van der Waals surface area contributed by atoms with Crippen molar-refractivity contribution >= 4 is 11.5 Å². The van der Waals surface area contributed by atoms with Gasteiger partial charge in [0.2, 0.25) is 5.82 Å². The molecule has 0 aliphatic carbocycles. The molecule has 1 aliphatic rings. The lowest BCUT2D eigenvalue weighted by Gasteiger charge is -2.21. The average molecular weight is 439 g/mol. The van der Waals surface area contributed by atoms with Crippen LogP contribution in [0.25, 0.3) is 22.8 Å². The van der Waals surface area contributed by atoms with E-state index in [9.17, 15) is 5.11 Å². The first-order valence-electron chi connectivity index (χ1n) is 10.9. The quantitative estimate of drug-likeness (QED) is 0.437. The van der Waals surface area contributed by atoms with Crippen LogP contribution < -0.4 is 11.1 Å². The Morgan fingerprint density at radius 3 is 2.66 bits per heavy atom. The zero-order valence-electron chi connectivity index (χ0n) is 18.5. The fourth-order valence-electron chi connectivity index (χ4n) is 3.90. The van der Waals surface area contributed by atoms with Gasteiger partial charge in [-0.15, -0.1) is 0 Å². The number of β-amino-alcohol motifs (C(OH)–C–C–N with tert-alkyl or cyclic N) is 1. The molecule has 3 heterocycles. The number of benzene rings is 1. The van der Waals surface area contributed by atoms with Gasteiger partial charge >= 0.3 is 0 Å². The Morgan fingerprint density at radius 2 is 1.94 bits per heavy atom. The number of hydrogen-bond acceptors (Lipinski definition) is 9. The van der Waals surface area contributed by atoms with Crippen LogP contribution in [0.2, 0.25) is 0 Å². The van der Waals surface area contributed by atoms with Gasteiger partial charge in [-0.05, 0) is 49.9 Å². The highest BCUT2D eigenvalue weighted by molar-refractivity contribution is 5.69. The van der Waals surface area contributed by atoms with Crippen LogP contribution in [-0.2, 0) is 12.8 Å². The number of nitrogen functional groups attached to an aromatic ring is 1. The van der Waals surface area contributed by atoms with E-state index >= 15 is 0 Å². The zero-order valence-corrected chi connectivity index (χ0v) is 18.5. The van der Waals surface area contributed by atoms with Gasteiger partial charge in [0, 0.05) is 37.4 Å². The Labute approximate surface area is 187 Å². The van der Waals surface area contributed by atoms with E-state index < -0.39 is 6.10 Å². The highest BCUT2D eigenvalue weighted by Gasteiger charge is 2.19. The van der Waals surface area contributed by atoms with Crippen molar-refractivity contribution in [2.75, 3.05) is 37.3 Å². The predicted octanol–water partition coefficient (Wildman–Crippen LogP) is 1.95. The summed E-state index contributed by atoms with van der Waals surface area (Å²) in [5.41, 5.74) is 10.7. The van der Waals surface area contributed by atoms with Crippen molar-refractivity contribution in [1.82, 2.24) is 20.0 Å². The van der Waals surface area contributed by atoms with E-state index in [-0.39, 0.29) is 12.6 Å². The van der Waals surface area contributed by atoms with E-state index in [4.69, 9.17) is 15.4 Å². The maximum absolute atomic E-state index is 9.74. The minimum atomic E-state index is -0.705. The van der Waals surface area contributed by atoms with Crippen LogP contribution in [0.5, 0.6) is 0 Å². The van der Waals surface area contributed by atoms with Gasteiger partial charge in [0.25, 0.3) is 5.89 Å². The first kappa shape index (κ1) is 22.2. The molecule has 0 saturated heterocycles. The minimum Gasteiger partial charge on any atom is -0.396 e. The molecule has 170 valence electrons. The number of hydrogen-bond donors (Lipinski definition) is 4. The van der Waals surface area contributed by atoms with Crippen molar-refractivity contribution in [2.24, 2.45) is 0 Å². The van der Waals surface area contributed by atoms with Crippen LogP contribution in [0.15, 0.2) is 35.0 Å². The molecule has 1 aromatic carbocycles. The van der Waals surface area contributed by atoms with Crippen molar-refractivity contribution in [3.05, 3.63) is 41.6 Å². The Bertz CT molecular complexity index is 1070. The van der Waals surface area contributed by atoms with Crippen molar-refractivity contribution < 1.29 is 14.7 Å². The molecule has 0 saturated carbocycles. The third kappa shape index (κ3) is 5.07. The minimum absolute atomic E-state index is 0.216. The summed E-state index contributed by atoms with van der Waals surface area (Å²) in [6, 6.07) is 8.23. The molecule has 1 atom stereocenters. The lowest BCUT2D eigenvalue weighted by molar-refractivity contribution is 0.0605. The standard InChI is InChI=1S/C23H30N6O3/c1-14(2)26-22-20(24)10-18(11-25-22)23-27-21(28-32-23)17-4-3-15-5-7-29(12-19(31)13-30)8-6-16(15)9-17/h3-4,9-11,14,19,30-31H,5-8,12-13,24H2,1-2H3,(H,25,26)/t19-/m0/s1. The van der Waals surface area contributed by atoms with Crippen LogP contribution in [0.1, 0.15) is 25.0 Å². The molecule has 3 aromatic rings. The number of nitrogens with one attached hydrogen (secondary N) is 1. The molecule has 0 radical (unpaired) electrons. The molecule has 0 amide bonds. The molecule has 5 N–H and O–H groups in total. The fraction of sp³-hybridized carbons (Fsp3) is 0.435. The fourth-order valence-corrected chi connectivity index (χ4v) is 3.90. The van der Waals surface area contributed by atoms with Gasteiger partial charge in [-0.25, -0.2) is 4.98 Å². The number of anilines is 2. The van der Waals surface area contributed by atoms with Gasteiger partial charge in [0.15, 0.2) is 0 Å². The summed E-state index contributed by atoms with van der Waals surface area (Å²) in [4.78, 5) is 11.1. The van der Waals surface area contributed by atoms with Gasteiger partial charge in [-0.2, -0.15) is 4.98 Å².